The number of hydrogen-bond acceptors (Lipinski definition) is 1. The first-order valence-corrected chi connectivity index (χ1v) is 6.04. The minimum absolute atomic E-state index is 0.0114. The Morgan fingerprint density at radius 1 is 1.05 bits per heavy atom. The van der Waals surface area contributed by atoms with Gasteiger partial charge in [0.2, 0.25) is 0 Å². The molecule has 0 atom stereocenters. The Morgan fingerprint density at radius 2 is 1.75 bits per heavy atom. The third-order valence-electron chi connectivity index (χ3n) is 2.97. The molecule has 1 nitrogen and oxygen atoms in total. The third-order valence-corrected chi connectivity index (χ3v) is 2.97. The SMILES string of the molecule is Cc1ccccc1COc1ccc(F)cc1[B-](F)(F)F. The number of aryl methyl sites for hydroxylation is 1. The zero-order chi connectivity index (χ0) is 14.8. The maximum atomic E-state index is 13.0. The molecule has 106 valence electrons. The molecule has 2 aromatic carbocycles. The minimum atomic E-state index is -5.31. The van der Waals surface area contributed by atoms with Crippen molar-refractivity contribution in [3.05, 3.63) is 59.4 Å². The monoisotopic (exact) mass is 283 g/mol. The van der Waals surface area contributed by atoms with Gasteiger partial charge < -0.3 is 17.7 Å². The Morgan fingerprint density at radius 3 is 2.40 bits per heavy atom. The molecule has 0 spiro atoms. The lowest BCUT2D eigenvalue weighted by Crippen LogP contribution is -2.35. The Hall–Kier alpha value is -1.98. The molecule has 2 aromatic rings. The maximum Gasteiger partial charge on any atom is 0.513 e. The summed E-state index contributed by atoms with van der Waals surface area (Å²) in [4.78, 5) is 0. The van der Waals surface area contributed by atoms with Gasteiger partial charge in [0, 0.05) is 0 Å². The van der Waals surface area contributed by atoms with E-state index in [4.69, 9.17) is 4.74 Å². The van der Waals surface area contributed by atoms with Crippen LogP contribution in [0.3, 0.4) is 0 Å². The highest BCUT2D eigenvalue weighted by molar-refractivity contribution is 6.74. The molecule has 0 amide bonds. The van der Waals surface area contributed by atoms with Gasteiger partial charge in [-0.2, -0.15) is 0 Å². The number of benzene rings is 2. The van der Waals surface area contributed by atoms with Crippen molar-refractivity contribution in [2.75, 3.05) is 0 Å². The van der Waals surface area contributed by atoms with Crippen molar-refractivity contribution >= 4 is 12.4 Å². The quantitative estimate of drug-likeness (QED) is 0.613. The number of halogens is 4. The van der Waals surface area contributed by atoms with Crippen LogP contribution in [-0.4, -0.2) is 6.98 Å². The van der Waals surface area contributed by atoms with Crippen molar-refractivity contribution in [1.29, 1.82) is 0 Å². The Kier molecular flexibility index (Phi) is 4.02. The molecule has 0 aromatic heterocycles. The van der Waals surface area contributed by atoms with E-state index < -0.39 is 18.3 Å². The average molecular weight is 283 g/mol. The van der Waals surface area contributed by atoms with Crippen LogP contribution in [-0.2, 0) is 6.61 Å². The molecule has 6 heteroatoms. The van der Waals surface area contributed by atoms with Gasteiger partial charge >= 0.3 is 6.98 Å². The first-order chi connectivity index (χ1) is 9.38. The normalized spacial score (nSPS) is 11.4. The van der Waals surface area contributed by atoms with Crippen molar-refractivity contribution in [1.82, 2.24) is 0 Å². The van der Waals surface area contributed by atoms with Crippen LogP contribution in [0, 0.1) is 12.7 Å². The molecular weight excluding hydrogens is 271 g/mol. The van der Waals surface area contributed by atoms with Crippen LogP contribution in [0.4, 0.5) is 17.3 Å². The largest absolute Gasteiger partial charge is 0.513 e. The highest BCUT2D eigenvalue weighted by Gasteiger charge is 2.29. The molecule has 0 N–H and O–H groups in total. The molecule has 0 bridgehead atoms. The van der Waals surface area contributed by atoms with Gasteiger partial charge in [-0.25, -0.2) is 4.39 Å². The Bertz CT molecular complexity index is 610. The Labute approximate surface area is 114 Å². The van der Waals surface area contributed by atoms with E-state index in [1.54, 1.807) is 12.1 Å². The molecule has 0 saturated heterocycles. The second-order valence-electron chi connectivity index (χ2n) is 4.47. The van der Waals surface area contributed by atoms with Crippen LogP contribution >= 0.6 is 0 Å². The van der Waals surface area contributed by atoms with Crippen LogP contribution in [0.25, 0.3) is 0 Å². The lowest BCUT2D eigenvalue weighted by atomic mass is 9.79. The lowest BCUT2D eigenvalue weighted by molar-refractivity contribution is 0.305. The van der Waals surface area contributed by atoms with Gasteiger partial charge in [-0.1, -0.05) is 29.7 Å². The summed E-state index contributed by atoms with van der Waals surface area (Å²) in [5.41, 5.74) is 0.671. The van der Waals surface area contributed by atoms with Crippen LogP contribution in [0.2, 0.25) is 0 Å². The summed E-state index contributed by atoms with van der Waals surface area (Å²) in [5, 5.41) is 0. The van der Waals surface area contributed by atoms with Crippen molar-refractivity contribution in [2.24, 2.45) is 0 Å². The molecule has 0 aliphatic heterocycles. The fourth-order valence-corrected chi connectivity index (χ4v) is 1.83. The van der Waals surface area contributed by atoms with Crippen molar-refractivity contribution in [3.8, 4) is 5.75 Å². The molecular formula is C14H12BF4O-. The number of ether oxygens (including phenoxy) is 1. The summed E-state index contributed by atoms with van der Waals surface area (Å²) in [6, 6.07) is 9.67. The highest BCUT2D eigenvalue weighted by atomic mass is 19.4. The zero-order valence-electron chi connectivity index (χ0n) is 10.7. The van der Waals surface area contributed by atoms with E-state index in [0.29, 0.717) is 6.07 Å². The fraction of sp³-hybridized carbons (Fsp3) is 0.143. The third kappa shape index (κ3) is 3.32. The number of rotatable bonds is 4. The standard InChI is InChI=1S/C14H12BF4O/c1-10-4-2-3-5-11(10)9-20-14-7-6-12(16)8-13(14)15(17,18)19/h2-8H,9H2,1H3/q-1. The smallest absolute Gasteiger partial charge is 0.492 e. The molecule has 0 aliphatic rings. The fourth-order valence-electron chi connectivity index (χ4n) is 1.83. The van der Waals surface area contributed by atoms with Gasteiger partial charge in [0.25, 0.3) is 0 Å². The van der Waals surface area contributed by atoms with Crippen LogP contribution < -0.4 is 10.2 Å². The van der Waals surface area contributed by atoms with Gasteiger partial charge in [-0.15, -0.1) is 0 Å². The van der Waals surface area contributed by atoms with Gasteiger partial charge in [0.15, 0.2) is 0 Å². The summed E-state index contributed by atoms with van der Waals surface area (Å²) >= 11 is 0. The van der Waals surface area contributed by atoms with Crippen LogP contribution in [0.15, 0.2) is 42.5 Å². The van der Waals surface area contributed by atoms with Gasteiger partial charge in [0.05, 0.1) is 5.75 Å². The van der Waals surface area contributed by atoms with Crippen LogP contribution in [0.5, 0.6) is 5.75 Å². The van der Waals surface area contributed by atoms with Gasteiger partial charge in [-0.05, 0) is 36.2 Å². The second-order valence-corrected chi connectivity index (χ2v) is 4.47. The summed E-state index contributed by atoms with van der Waals surface area (Å²) in [7, 11) is 0. The molecule has 20 heavy (non-hydrogen) atoms. The maximum absolute atomic E-state index is 13.0. The van der Waals surface area contributed by atoms with Gasteiger partial charge in [0.1, 0.15) is 12.4 Å². The van der Waals surface area contributed by atoms with E-state index in [0.717, 1.165) is 23.3 Å². The molecule has 0 heterocycles. The predicted octanol–water partition coefficient (Wildman–Crippen LogP) is 3.77. The average Bonchev–Trinajstić information content (AvgIpc) is 2.38. The van der Waals surface area contributed by atoms with E-state index in [1.165, 1.54) is 0 Å². The first kappa shape index (κ1) is 14.4. The van der Waals surface area contributed by atoms with Crippen molar-refractivity contribution in [3.63, 3.8) is 0 Å². The van der Waals surface area contributed by atoms with E-state index >= 15 is 0 Å². The predicted molar refractivity (Wildman–Crippen MR) is 70.6 cm³/mol. The van der Waals surface area contributed by atoms with Crippen molar-refractivity contribution in [2.45, 2.75) is 13.5 Å². The summed E-state index contributed by atoms with van der Waals surface area (Å²) in [6.45, 7) is -3.46. The second kappa shape index (κ2) is 5.57. The zero-order valence-corrected chi connectivity index (χ0v) is 10.7. The van der Waals surface area contributed by atoms with E-state index in [-0.39, 0.29) is 12.4 Å². The molecule has 0 radical (unpaired) electrons. The summed E-state index contributed by atoms with van der Waals surface area (Å²) in [6.07, 6.45) is 0. The summed E-state index contributed by atoms with van der Waals surface area (Å²) in [5.74, 6) is -1.27. The highest BCUT2D eigenvalue weighted by Crippen LogP contribution is 2.20. The lowest BCUT2D eigenvalue weighted by Gasteiger charge is -2.20. The Balaban J connectivity index is 2.24. The van der Waals surface area contributed by atoms with Gasteiger partial charge in [-0.3, -0.25) is 0 Å². The van der Waals surface area contributed by atoms with Crippen LogP contribution in [0.1, 0.15) is 11.1 Å². The molecule has 0 aliphatic carbocycles. The number of hydrogen-bond donors (Lipinski definition) is 0. The van der Waals surface area contributed by atoms with E-state index in [2.05, 4.69) is 0 Å². The van der Waals surface area contributed by atoms with E-state index in [9.17, 15) is 17.3 Å². The molecule has 0 fully saturated rings. The minimum Gasteiger partial charge on any atom is -0.492 e. The molecule has 2 rings (SSSR count). The van der Waals surface area contributed by atoms with Crippen molar-refractivity contribution < 1.29 is 22.1 Å². The molecule has 0 unspecified atom stereocenters. The van der Waals surface area contributed by atoms with E-state index in [1.807, 2.05) is 19.1 Å². The first-order valence-electron chi connectivity index (χ1n) is 6.04. The molecule has 0 saturated carbocycles. The summed E-state index contributed by atoms with van der Waals surface area (Å²) < 4.78 is 56.7. The topological polar surface area (TPSA) is 9.23 Å².